The van der Waals surface area contributed by atoms with Gasteiger partial charge in [-0.3, -0.25) is 0 Å². The van der Waals surface area contributed by atoms with Crippen molar-refractivity contribution in [3.05, 3.63) is 0 Å². The van der Waals surface area contributed by atoms with Gasteiger partial charge in [0.25, 0.3) is 0 Å². The number of hydrogen-bond donors (Lipinski definition) is 1. The van der Waals surface area contributed by atoms with Crippen molar-refractivity contribution in [1.29, 1.82) is 0 Å². The fourth-order valence-electron chi connectivity index (χ4n) is 0.804. The van der Waals surface area contributed by atoms with Crippen LogP contribution in [0.25, 0.3) is 0 Å². The van der Waals surface area contributed by atoms with E-state index in [0.29, 0.717) is 13.0 Å². The van der Waals surface area contributed by atoms with Gasteiger partial charge < -0.3 is 9.84 Å². The largest absolute Gasteiger partial charge is 0.456 e. The molecule has 0 atom stereocenters. The van der Waals surface area contributed by atoms with Gasteiger partial charge in [-0.25, -0.2) is 4.79 Å². The number of esters is 1. The zero-order valence-electron chi connectivity index (χ0n) is 8.01. The van der Waals surface area contributed by atoms with E-state index >= 15 is 0 Å². The summed E-state index contributed by atoms with van der Waals surface area (Å²) in [5.74, 6) is 4.66. The third kappa shape index (κ3) is 8.90. The van der Waals surface area contributed by atoms with Crippen LogP contribution >= 0.6 is 0 Å². The monoisotopic (exact) mass is 184 g/mol. The van der Waals surface area contributed by atoms with Gasteiger partial charge in [0.1, 0.15) is 0 Å². The number of aliphatic hydroxyl groups is 1. The molecule has 0 saturated carbocycles. The van der Waals surface area contributed by atoms with Gasteiger partial charge in [-0.2, -0.15) is 0 Å². The van der Waals surface area contributed by atoms with Gasteiger partial charge in [0.05, 0.1) is 6.61 Å². The maximum Gasteiger partial charge on any atom is 0.384 e. The molecule has 0 rings (SSSR count). The van der Waals surface area contributed by atoms with Gasteiger partial charge in [-0.1, -0.05) is 12.3 Å². The lowest BCUT2D eigenvalue weighted by Crippen LogP contribution is -1.99. The Labute approximate surface area is 79.1 Å². The van der Waals surface area contributed by atoms with E-state index in [1.165, 1.54) is 0 Å². The number of unbranched alkanes of at least 4 members (excludes halogenated alkanes) is 3. The third-order valence-electron chi connectivity index (χ3n) is 1.43. The van der Waals surface area contributed by atoms with Crippen LogP contribution in [-0.4, -0.2) is 24.3 Å². The number of hydrogen-bond acceptors (Lipinski definition) is 3. The van der Waals surface area contributed by atoms with E-state index in [1.807, 2.05) is 0 Å². The first-order chi connectivity index (χ1) is 6.31. The second kappa shape index (κ2) is 9.08. The van der Waals surface area contributed by atoms with Gasteiger partial charge in [-0.05, 0) is 19.8 Å². The maximum absolute atomic E-state index is 10.7. The summed E-state index contributed by atoms with van der Waals surface area (Å²) < 4.78 is 4.62. The van der Waals surface area contributed by atoms with Crippen LogP contribution in [0.2, 0.25) is 0 Å². The molecule has 0 aromatic heterocycles. The lowest BCUT2D eigenvalue weighted by atomic mass is 10.2. The summed E-state index contributed by atoms with van der Waals surface area (Å²) in [6, 6.07) is 0. The Morgan fingerprint density at radius 2 is 2.15 bits per heavy atom. The van der Waals surface area contributed by atoms with E-state index in [2.05, 4.69) is 16.6 Å². The second-order valence-corrected chi connectivity index (χ2v) is 2.56. The van der Waals surface area contributed by atoms with E-state index in [4.69, 9.17) is 5.11 Å². The molecular formula is C10H16O3. The lowest BCUT2D eigenvalue weighted by Gasteiger charge is -1.92. The molecule has 0 radical (unpaired) electrons. The SMILES string of the molecule is CCOC(=O)C#CCCCCCO. The van der Waals surface area contributed by atoms with Crippen LogP contribution in [-0.2, 0) is 9.53 Å². The Morgan fingerprint density at radius 3 is 2.77 bits per heavy atom. The minimum absolute atomic E-state index is 0.227. The molecule has 0 unspecified atom stereocenters. The van der Waals surface area contributed by atoms with Crippen LogP contribution in [0.4, 0.5) is 0 Å². The van der Waals surface area contributed by atoms with Crippen LogP contribution < -0.4 is 0 Å². The molecule has 3 nitrogen and oxygen atoms in total. The summed E-state index contributed by atoms with van der Waals surface area (Å²) >= 11 is 0. The average Bonchev–Trinajstić information content (AvgIpc) is 2.11. The minimum Gasteiger partial charge on any atom is -0.456 e. The van der Waals surface area contributed by atoms with Crippen LogP contribution in [0.1, 0.15) is 32.6 Å². The van der Waals surface area contributed by atoms with Crippen molar-refractivity contribution in [2.24, 2.45) is 0 Å². The number of aliphatic hydroxyl groups excluding tert-OH is 1. The normalized spacial score (nSPS) is 8.77. The van der Waals surface area contributed by atoms with Crippen LogP contribution in [0.3, 0.4) is 0 Å². The van der Waals surface area contributed by atoms with E-state index in [9.17, 15) is 4.79 Å². The molecular weight excluding hydrogens is 168 g/mol. The van der Waals surface area contributed by atoms with Crippen LogP contribution in [0, 0.1) is 11.8 Å². The molecule has 0 aliphatic rings. The zero-order valence-corrected chi connectivity index (χ0v) is 8.01. The second-order valence-electron chi connectivity index (χ2n) is 2.56. The highest BCUT2D eigenvalue weighted by Crippen LogP contribution is 1.96. The summed E-state index contributed by atoms with van der Waals surface area (Å²) in [5.41, 5.74) is 0. The Bertz CT molecular complexity index is 188. The Kier molecular flexibility index (Phi) is 8.38. The zero-order chi connectivity index (χ0) is 9.94. The molecule has 0 amide bonds. The van der Waals surface area contributed by atoms with E-state index < -0.39 is 5.97 Å². The minimum atomic E-state index is -0.454. The Hall–Kier alpha value is -1.01. The van der Waals surface area contributed by atoms with Crippen LogP contribution in [0.15, 0.2) is 0 Å². The fourth-order valence-corrected chi connectivity index (χ4v) is 0.804. The van der Waals surface area contributed by atoms with Crippen molar-refractivity contribution < 1.29 is 14.6 Å². The molecule has 0 heterocycles. The molecule has 1 N–H and O–H groups in total. The van der Waals surface area contributed by atoms with Crippen molar-refractivity contribution in [3.63, 3.8) is 0 Å². The topological polar surface area (TPSA) is 46.5 Å². The van der Waals surface area contributed by atoms with Crippen LogP contribution in [0.5, 0.6) is 0 Å². The van der Waals surface area contributed by atoms with Crippen molar-refractivity contribution in [3.8, 4) is 11.8 Å². The van der Waals surface area contributed by atoms with Gasteiger partial charge in [-0.15, -0.1) is 0 Å². The van der Waals surface area contributed by atoms with Crippen molar-refractivity contribution in [2.45, 2.75) is 32.6 Å². The highest BCUT2D eigenvalue weighted by molar-refractivity contribution is 5.88. The highest BCUT2D eigenvalue weighted by Gasteiger charge is 1.91. The summed E-state index contributed by atoms with van der Waals surface area (Å²) in [7, 11) is 0. The summed E-state index contributed by atoms with van der Waals surface area (Å²) in [6.45, 7) is 2.35. The first-order valence-electron chi connectivity index (χ1n) is 4.57. The highest BCUT2D eigenvalue weighted by atomic mass is 16.5. The molecule has 3 heteroatoms. The van der Waals surface area contributed by atoms with Crippen molar-refractivity contribution >= 4 is 5.97 Å². The summed E-state index contributed by atoms with van der Waals surface area (Å²) in [4.78, 5) is 10.7. The first-order valence-corrected chi connectivity index (χ1v) is 4.57. The molecule has 0 aromatic carbocycles. The predicted octanol–water partition coefficient (Wildman–Crippen LogP) is 1.11. The van der Waals surface area contributed by atoms with Gasteiger partial charge in [0.15, 0.2) is 0 Å². The van der Waals surface area contributed by atoms with E-state index in [1.54, 1.807) is 6.92 Å². The average molecular weight is 184 g/mol. The van der Waals surface area contributed by atoms with Crippen molar-refractivity contribution in [2.75, 3.05) is 13.2 Å². The molecule has 0 bridgehead atoms. The molecule has 74 valence electrons. The lowest BCUT2D eigenvalue weighted by molar-refractivity contribution is -0.136. The Balaban J connectivity index is 3.33. The van der Waals surface area contributed by atoms with E-state index in [-0.39, 0.29) is 6.61 Å². The number of ether oxygens (including phenoxy) is 1. The molecule has 13 heavy (non-hydrogen) atoms. The van der Waals surface area contributed by atoms with Crippen molar-refractivity contribution in [1.82, 2.24) is 0 Å². The van der Waals surface area contributed by atoms with E-state index in [0.717, 1.165) is 19.3 Å². The molecule has 0 aliphatic heterocycles. The standard InChI is InChI=1S/C10H16O3/c1-2-13-10(12)8-6-4-3-5-7-9-11/h11H,2-5,7,9H2,1H3. The van der Waals surface area contributed by atoms with Gasteiger partial charge >= 0.3 is 5.97 Å². The quantitative estimate of drug-likeness (QED) is 0.301. The molecule has 0 saturated heterocycles. The first kappa shape index (κ1) is 12.0. The molecule has 0 aliphatic carbocycles. The Morgan fingerprint density at radius 1 is 1.38 bits per heavy atom. The number of carbonyl (C=O) groups is 1. The smallest absolute Gasteiger partial charge is 0.384 e. The van der Waals surface area contributed by atoms with Gasteiger partial charge in [0, 0.05) is 18.9 Å². The van der Waals surface area contributed by atoms with Gasteiger partial charge in [0.2, 0.25) is 0 Å². The summed E-state index contributed by atoms with van der Waals surface area (Å²) in [5, 5.41) is 8.47. The third-order valence-corrected chi connectivity index (χ3v) is 1.43. The molecule has 0 aromatic rings. The molecule has 0 fully saturated rings. The number of carbonyl (C=O) groups excluding carboxylic acids is 1. The maximum atomic E-state index is 10.7. The predicted molar refractivity (Wildman–Crippen MR) is 50.0 cm³/mol. The number of rotatable bonds is 5. The fraction of sp³-hybridized carbons (Fsp3) is 0.700. The molecule has 0 spiro atoms. The summed E-state index contributed by atoms with van der Waals surface area (Å²) in [6.07, 6.45) is 3.38.